The number of pyridine rings is 1. The van der Waals surface area contributed by atoms with Crippen LogP contribution >= 0.6 is 0 Å². The Morgan fingerprint density at radius 3 is 2.18 bits per heavy atom. The molecule has 2 aromatic carbocycles. The van der Waals surface area contributed by atoms with Crippen LogP contribution in [-0.4, -0.2) is 0 Å². The van der Waals surface area contributed by atoms with Gasteiger partial charge in [-0.1, -0.05) is 38.1 Å². The van der Waals surface area contributed by atoms with E-state index in [1.54, 1.807) is 0 Å². The number of fused-ring (bicyclic) bond motifs is 1. The first-order valence-corrected chi connectivity index (χ1v) is 8.14. The van der Waals surface area contributed by atoms with Crippen LogP contribution in [0.3, 0.4) is 0 Å². The van der Waals surface area contributed by atoms with E-state index in [0.717, 1.165) is 12.8 Å². The molecule has 0 saturated carbocycles. The number of rotatable bonds is 3. The van der Waals surface area contributed by atoms with Crippen LogP contribution in [0.4, 0.5) is 0 Å². The Kier molecular flexibility index (Phi) is 3.98. The fourth-order valence-corrected chi connectivity index (χ4v) is 3.12. The molecule has 112 valence electrons. The standard InChI is InChI=1S/C21H24N/c1-5-16-8-10-20(15(3)11-16)21-13-18-9-7-17(6-2)12-19(18)14-22(21)4/h7-14H,5-6H2,1-4H3/q+1. The van der Waals surface area contributed by atoms with Gasteiger partial charge >= 0.3 is 0 Å². The molecule has 0 fully saturated rings. The summed E-state index contributed by atoms with van der Waals surface area (Å²) < 4.78 is 2.25. The van der Waals surface area contributed by atoms with E-state index in [4.69, 9.17) is 0 Å². The van der Waals surface area contributed by atoms with Gasteiger partial charge in [0.15, 0.2) is 6.20 Å². The van der Waals surface area contributed by atoms with Gasteiger partial charge in [-0.25, -0.2) is 4.57 Å². The van der Waals surface area contributed by atoms with Crippen molar-refractivity contribution in [2.45, 2.75) is 33.6 Å². The molecule has 1 heterocycles. The van der Waals surface area contributed by atoms with Crippen LogP contribution in [0.2, 0.25) is 0 Å². The van der Waals surface area contributed by atoms with Gasteiger partial charge in [-0.15, -0.1) is 0 Å². The Morgan fingerprint density at radius 2 is 1.50 bits per heavy atom. The Balaban J connectivity index is 2.17. The van der Waals surface area contributed by atoms with Crippen molar-refractivity contribution in [1.29, 1.82) is 0 Å². The van der Waals surface area contributed by atoms with Crippen molar-refractivity contribution in [1.82, 2.24) is 0 Å². The molecule has 0 saturated heterocycles. The molecule has 3 rings (SSSR count). The topological polar surface area (TPSA) is 3.88 Å². The molecule has 0 atom stereocenters. The highest BCUT2D eigenvalue weighted by Gasteiger charge is 2.14. The molecule has 0 aliphatic heterocycles. The summed E-state index contributed by atoms with van der Waals surface area (Å²) in [6.45, 7) is 6.61. The summed E-state index contributed by atoms with van der Waals surface area (Å²) >= 11 is 0. The molecule has 0 unspecified atom stereocenters. The Hall–Kier alpha value is -2.15. The van der Waals surface area contributed by atoms with Crippen molar-refractivity contribution in [3.05, 3.63) is 65.4 Å². The van der Waals surface area contributed by atoms with Gasteiger partial charge in [-0.2, -0.15) is 0 Å². The second kappa shape index (κ2) is 5.92. The van der Waals surface area contributed by atoms with Gasteiger partial charge in [-0.3, -0.25) is 0 Å². The quantitative estimate of drug-likeness (QED) is 0.612. The lowest BCUT2D eigenvalue weighted by Crippen LogP contribution is -2.30. The average Bonchev–Trinajstić information content (AvgIpc) is 2.53. The van der Waals surface area contributed by atoms with Gasteiger partial charge < -0.3 is 0 Å². The largest absolute Gasteiger partial charge is 0.213 e. The summed E-state index contributed by atoms with van der Waals surface area (Å²) in [5.41, 5.74) is 6.73. The van der Waals surface area contributed by atoms with Gasteiger partial charge in [0.05, 0.1) is 0 Å². The lowest BCUT2D eigenvalue weighted by Gasteiger charge is -2.08. The second-order valence-electron chi connectivity index (χ2n) is 6.09. The third-order valence-corrected chi connectivity index (χ3v) is 4.54. The second-order valence-corrected chi connectivity index (χ2v) is 6.09. The zero-order valence-corrected chi connectivity index (χ0v) is 14.0. The molecule has 3 aromatic rings. The fourth-order valence-electron chi connectivity index (χ4n) is 3.12. The molecule has 1 heteroatoms. The summed E-state index contributed by atoms with van der Waals surface area (Å²) in [4.78, 5) is 0. The number of aromatic nitrogens is 1. The first-order valence-electron chi connectivity index (χ1n) is 8.14. The van der Waals surface area contributed by atoms with Crippen molar-refractivity contribution < 1.29 is 4.57 Å². The number of benzene rings is 2. The Labute approximate surface area is 133 Å². The highest BCUT2D eigenvalue weighted by atomic mass is 14.9. The van der Waals surface area contributed by atoms with Crippen molar-refractivity contribution in [2.75, 3.05) is 0 Å². The van der Waals surface area contributed by atoms with Crippen molar-refractivity contribution in [2.24, 2.45) is 7.05 Å². The molecule has 1 aromatic heterocycles. The molecule has 0 N–H and O–H groups in total. The van der Waals surface area contributed by atoms with E-state index in [1.165, 1.54) is 38.7 Å². The maximum absolute atomic E-state index is 2.31. The zero-order chi connectivity index (χ0) is 15.7. The van der Waals surface area contributed by atoms with Crippen LogP contribution in [-0.2, 0) is 19.9 Å². The third kappa shape index (κ3) is 2.64. The SMILES string of the molecule is CCc1ccc(-c2cc3ccc(CC)cc3c[n+]2C)c(C)c1. The van der Waals surface area contributed by atoms with Crippen LogP contribution in [0.25, 0.3) is 22.0 Å². The first-order chi connectivity index (χ1) is 10.6. The predicted octanol–water partition coefficient (Wildman–Crippen LogP) is 4.76. The molecule has 0 radical (unpaired) electrons. The highest BCUT2D eigenvalue weighted by molar-refractivity contribution is 5.84. The predicted molar refractivity (Wildman–Crippen MR) is 94.1 cm³/mol. The maximum atomic E-state index is 2.31. The van der Waals surface area contributed by atoms with Gasteiger partial charge in [0, 0.05) is 17.0 Å². The van der Waals surface area contributed by atoms with Crippen molar-refractivity contribution in [3.8, 4) is 11.3 Å². The number of hydrogen-bond donors (Lipinski definition) is 0. The van der Waals surface area contributed by atoms with Crippen molar-refractivity contribution in [3.63, 3.8) is 0 Å². The summed E-state index contributed by atoms with van der Waals surface area (Å²) in [5, 5.41) is 2.62. The molecule has 22 heavy (non-hydrogen) atoms. The van der Waals surface area contributed by atoms with E-state index < -0.39 is 0 Å². The van der Waals surface area contributed by atoms with E-state index in [-0.39, 0.29) is 0 Å². The minimum atomic E-state index is 1.08. The number of nitrogens with zero attached hydrogens (tertiary/aromatic N) is 1. The molecule has 0 spiro atoms. The van der Waals surface area contributed by atoms with Crippen LogP contribution in [0.1, 0.15) is 30.5 Å². The Morgan fingerprint density at radius 1 is 0.818 bits per heavy atom. The lowest BCUT2D eigenvalue weighted by molar-refractivity contribution is -0.659. The van der Waals surface area contributed by atoms with Gasteiger partial charge in [-0.05, 0) is 54.0 Å². The summed E-state index contributed by atoms with van der Waals surface area (Å²) in [6.07, 6.45) is 4.42. The van der Waals surface area contributed by atoms with Crippen LogP contribution in [0.5, 0.6) is 0 Å². The lowest BCUT2D eigenvalue weighted by atomic mass is 9.99. The zero-order valence-electron chi connectivity index (χ0n) is 14.0. The van der Waals surface area contributed by atoms with E-state index >= 15 is 0 Å². The number of hydrogen-bond acceptors (Lipinski definition) is 0. The molecular weight excluding hydrogens is 266 g/mol. The minimum Gasteiger partial charge on any atom is -0.200 e. The van der Waals surface area contributed by atoms with Gasteiger partial charge in [0.1, 0.15) is 7.05 Å². The van der Waals surface area contributed by atoms with Crippen LogP contribution in [0, 0.1) is 6.92 Å². The smallest absolute Gasteiger partial charge is 0.200 e. The van der Waals surface area contributed by atoms with Crippen LogP contribution in [0.15, 0.2) is 48.7 Å². The van der Waals surface area contributed by atoms with Gasteiger partial charge in [0.25, 0.3) is 0 Å². The summed E-state index contributed by atoms with van der Waals surface area (Å²) in [6, 6.07) is 15.9. The molecule has 0 aliphatic rings. The molecule has 1 nitrogen and oxygen atoms in total. The molecule has 0 bridgehead atoms. The van der Waals surface area contributed by atoms with E-state index in [2.05, 4.69) is 81.0 Å². The third-order valence-electron chi connectivity index (χ3n) is 4.54. The summed E-state index contributed by atoms with van der Waals surface area (Å²) in [7, 11) is 2.14. The molecule has 0 amide bonds. The normalized spacial score (nSPS) is 11.1. The molecule has 0 aliphatic carbocycles. The van der Waals surface area contributed by atoms with Gasteiger partial charge in [0.2, 0.25) is 5.69 Å². The summed E-state index contributed by atoms with van der Waals surface area (Å²) in [5.74, 6) is 0. The van der Waals surface area contributed by atoms with E-state index in [0.29, 0.717) is 0 Å². The number of aryl methyl sites for hydroxylation is 4. The first kappa shape index (κ1) is 14.8. The monoisotopic (exact) mass is 290 g/mol. The minimum absolute atomic E-state index is 1.08. The average molecular weight is 290 g/mol. The Bertz CT molecular complexity index is 831. The van der Waals surface area contributed by atoms with E-state index in [9.17, 15) is 0 Å². The van der Waals surface area contributed by atoms with E-state index in [1.807, 2.05) is 0 Å². The highest BCUT2D eigenvalue weighted by Crippen LogP contribution is 2.25. The van der Waals surface area contributed by atoms with Crippen LogP contribution < -0.4 is 4.57 Å². The molecular formula is C21H24N+. The maximum Gasteiger partial charge on any atom is 0.213 e. The fraction of sp³-hybridized carbons (Fsp3) is 0.286. The van der Waals surface area contributed by atoms with Crippen molar-refractivity contribution >= 4 is 10.8 Å².